The summed E-state index contributed by atoms with van der Waals surface area (Å²) in [6, 6.07) is 0.510. The molecule has 13 nitrogen and oxygen atoms in total. The van der Waals surface area contributed by atoms with Gasteiger partial charge in [0.2, 0.25) is 11.8 Å². The van der Waals surface area contributed by atoms with Crippen molar-refractivity contribution < 1.29 is 43.5 Å². The molecule has 0 aliphatic carbocycles. The lowest BCUT2D eigenvalue weighted by Gasteiger charge is -2.46. The van der Waals surface area contributed by atoms with Gasteiger partial charge in [0.15, 0.2) is 12.4 Å². The molecule has 0 aromatic rings. The van der Waals surface area contributed by atoms with Crippen molar-refractivity contribution in [2.75, 3.05) is 34.3 Å². The minimum atomic E-state index is -1.44. The second kappa shape index (κ2) is 17.2. The second-order valence-electron chi connectivity index (χ2n) is 16.5. The summed E-state index contributed by atoms with van der Waals surface area (Å²) in [5, 5.41) is 26.3. The second-order valence-corrected chi connectivity index (χ2v) is 16.5. The van der Waals surface area contributed by atoms with Crippen LogP contribution >= 0.6 is 0 Å². The van der Waals surface area contributed by atoms with Crippen LogP contribution in [-0.4, -0.2) is 138 Å². The number of hydrogen-bond donors (Lipinski definition) is 3. The van der Waals surface area contributed by atoms with Crippen molar-refractivity contribution in [3.8, 4) is 0 Å². The van der Waals surface area contributed by atoms with Gasteiger partial charge in [0, 0.05) is 46.1 Å². The van der Waals surface area contributed by atoms with Crippen molar-refractivity contribution >= 4 is 17.8 Å². The van der Waals surface area contributed by atoms with Crippen LogP contribution in [0.3, 0.4) is 0 Å². The number of aliphatic hydroxyl groups excluding tert-OH is 1. The molecule has 0 bridgehead atoms. The maximum atomic E-state index is 13.7. The third-order valence-electron chi connectivity index (χ3n) is 10.8. The quantitative estimate of drug-likeness (QED) is 0.308. The van der Waals surface area contributed by atoms with Crippen molar-refractivity contribution in [2.45, 2.75) is 162 Å². The van der Waals surface area contributed by atoms with Crippen LogP contribution in [0.4, 0.5) is 0 Å². The van der Waals surface area contributed by atoms with Crippen LogP contribution in [0.25, 0.3) is 0 Å². The van der Waals surface area contributed by atoms with Crippen LogP contribution in [0, 0.1) is 23.7 Å². The van der Waals surface area contributed by atoms with E-state index in [-0.39, 0.29) is 48.4 Å². The molecule has 3 saturated heterocycles. The highest BCUT2D eigenvalue weighted by atomic mass is 16.7. The van der Waals surface area contributed by atoms with Gasteiger partial charge in [-0.2, -0.15) is 0 Å². The van der Waals surface area contributed by atoms with E-state index in [0.29, 0.717) is 31.8 Å². The van der Waals surface area contributed by atoms with Gasteiger partial charge < -0.3 is 49.0 Å². The number of carbonyl (C=O) groups excluding carboxylic acids is 2. The summed E-state index contributed by atoms with van der Waals surface area (Å²) in [6.45, 7) is 21.3. The first-order chi connectivity index (χ1) is 23.1. The van der Waals surface area contributed by atoms with E-state index in [4.69, 9.17) is 28.7 Å². The number of amides is 2. The summed E-state index contributed by atoms with van der Waals surface area (Å²) in [5.41, 5.74) is -2.35. The Morgan fingerprint density at radius 2 is 1.76 bits per heavy atom. The van der Waals surface area contributed by atoms with Gasteiger partial charge in [-0.25, -0.2) is 4.99 Å². The molecule has 2 amide bonds. The fraction of sp³-hybridized carbons (Fsp3) is 0.919. The average molecular weight is 713 g/mol. The molecule has 2 unspecified atom stereocenters. The summed E-state index contributed by atoms with van der Waals surface area (Å²) in [6.07, 6.45) is -3.03. The van der Waals surface area contributed by atoms with Gasteiger partial charge >= 0.3 is 0 Å². The van der Waals surface area contributed by atoms with Gasteiger partial charge in [0.05, 0.1) is 60.2 Å². The number of likely N-dealkylation sites (N-methyl/N-ethyl adjacent to an activating group) is 2. The lowest BCUT2D eigenvalue weighted by molar-refractivity contribution is -0.290. The van der Waals surface area contributed by atoms with Crippen LogP contribution < -0.4 is 5.32 Å². The Labute approximate surface area is 300 Å². The first-order valence-corrected chi connectivity index (χ1v) is 18.5. The molecule has 3 N–H and O–H groups in total. The fourth-order valence-corrected chi connectivity index (χ4v) is 8.16. The average Bonchev–Trinajstić information content (AvgIpc) is 3.32. The number of aliphatic hydroxyl groups is 2. The first-order valence-electron chi connectivity index (χ1n) is 18.5. The maximum Gasteiger partial charge on any atom is 0.288 e. The van der Waals surface area contributed by atoms with Crippen LogP contribution in [0.2, 0.25) is 0 Å². The summed E-state index contributed by atoms with van der Waals surface area (Å²) >= 11 is 0. The number of hydrogen-bond acceptors (Lipinski definition) is 10. The van der Waals surface area contributed by atoms with E-state index in [9.17, 15) is 19.8 Å². The zero-order chi connectivity index (χ0) is 37.9. The molecule has 3 aliphatic heterocycles. The molecule has 290 valence electrons. The van der Waals surface area contributed by atoms with E-state index in [2.05, 4.69) is 5.32 Å². The Hall–Kier alpha value is -2.03. The number of methoxy groups -OCH3 is 1. The van der Waals surface area contributed by atoms with Crippen molar-refractivity contribution in [1.82, 2.24) is 15.1 Å². The predicted octanol–water partition coefficient (Wildman–Crippen LogP) is 3.19. The Kier molecular flexibility index (Phi) is 14.6. The third kappa shape index (κ3) is 10.1. The molecule has 0 radical (unpaired) electrons. The highest BCUT2D eigenvalue weighted by molar-refractivity contribution is 5.86. The van der Waals surface area contributed by atoms with Gasteiger partial charge in [0.1, 0.15) is 0 Å². The van der Waals surface area contributed by atoms with E-state index in [1.165, 1.54) is 0 Å². The molecular weight excluding hydrogens is 644 g/mol. The Balaban J connectivity index is 2.07. The number of carbonyl (C=O) groups is 2. The van der Waals surface area contributed by atoms with E-state index in [1.807, 2.05) is 74.3 Å². The summed E-state index contributed by atoms with van der Waals surface area (Å²) in [7, 11) is 5.24. The first kappa shape index (κ1) is 42.4. The van der Waals surface area contributed by atoms with E-state index in [0.717, 1.165) is 0 Å². The van der Waals surface area contributed by atoms with Crippen LogP contribution in [0.15, 0.2) is 4.99 Å². The van der Waals surface area contributed by atoms with E-state index in [1.54, 1.807) is 32.9 Å². The lowest BCUT2D eigenvalue weighted by atomic mass is 9.77. The summed E-state index contributed by atoms with van der Waals surface area (Å²) in [4.78, 5) is 35.0. The van der Waals surface area contributed by atoms with Crippen LogP contribution in [-0.2, 0) is 33.3 Å². The smallest absolute Gasteiger partial charge is 0.288 e. The van der Waals surface area contributed by atoms with Gasteiger partial charge in [-0.15, -0.1) is 0 Å². The highest BCUT2D eigenvalue weighted by Gasteiger charge is 2.53. The largest absolute Gasteiger partial charge is 0.454 e. The SMILES string of the molecule is CO[C@](C)(CC(C)OC1[C@@H](C)C(=O)NCC(=O)N(C)C[C@H](C)C[C@@](C)(O)[C@H](O[C@@H]2O[C@H](C)C[C@H]3[C@H]2O/C(=N\C(C)C)N3C)[C@H]1C)[C@@H](O)C(C)C. The number of amidine groups is 1. The summed E-state index contributed by atoms with van der Waals surface area (Å²) in [5.74, 6) is -2.04. The Bertz CT molecular complexity index is 1170. The molecule has 0 saturated carbocycles. The van der Waals surface area contributed by atoms with Gasteiger partial charge in [-0.3, -0.25) is 9.59 Å². The predicted molar refractivity (Wildman–Crippen MR) is 191 cm³/mol. The number of nitrogens with zero attached hydrogens (tertiary/aromatic N) is 3. The Morgan fingerprint density at radius 1 is 1.12 bits per heavy atom. The number of nitrogens with one attached hydrogen (secondary N) is 1. The standard InChI is InChI=1S/C37H68N4O9/c1-20(2)31(43)37(11,46-14)17-24(7)47-29-25(8)32(36(10,45)16-22(5)19-40(12)28(42)18-38-33(44)26(29)9)50-34-30-27(15-23(6)48-34)41(13)35(49-30)39-21(3)4/h20-27,29-32,34,43,45H,15-19H2,1-14H3,(H,38,44)/b39-35-/t22-,23-,24?,25+,26-,27+,29?,30-,31+,32-,34+,36-,37-/m1/s1. The van der Waals surface area contributed by atoms with Crippen molar-refractivity contribution in [3.63, 3.8) is 0 Å². The van der Waals surface area contributed by atoms with Crippen LogP contribution in [0.5, 0.6) is 0 Å². The monoisotopic (exact) mass is 712 g/mol. The van der Waals surface area contributed by atoms with Crippen molar-refractivity contribution in [1.29, 1.82) is 0 Å². The van der Waals surface area contributed by atoms with Crippen molar-refractivity contribution in [3.05, 3.63) is 0 Å². The molecular formula is C37H68N4O9. The molecule has 3 rings (SSSR count). The van der Waals surface area contributed by atoms with Crippen LogP contribution in [0.1, 0.15) is 95.4 Å². The Morgan fingerprint density at radius 3 is 2.34 bits per heavy atom. The minimum absolute atomic E-state index is 0.0297. The molecule has 0 aromatic carbocycles. The molecule has 3 heterocycles. The number of ether oxygens (including phenoxy) is 5. The third-order valence-corrected chi connectivity index (χ3v) is 10.8. The van der Waals surface area contributed by atoms with Crippen molar-refractivity contribution in [2.24, 2.45) is 28.7 Å². The van der Waals surface area contributed by atoms with E-state index < -0.39 is 59.8 Å². The zero-order valence-corrected chi connectivity index (χ0v) is 33.1. The molecule has 0 aromatic heterocycles. The van der Waals surface area contributed by atoms with Gasteiger partial charge in [0.25, 0.3) is 6.02 Å². The minimum Gasteiger partial charge on any atom is -0.454 e. The number of fused-ring (bicyclic) bond motifs is 1. The topological polar surface area (TPSA) is 152 Å². The summed E-state index contributed by atoms with van der Waals surface area (Å²) < 4.78 is 32.4. The molecule has 3 fully saturated rings. The molecule has 3 aliphatic rings. The van der Waals surface area contributed by atoms with E-state index >= 15 is 0 Å². The normalized spacial score (nSPS) is 38.1. The molecule has 50 heavy (non-hydrogen) atoms. The molecule has 13 atom stereocenters. The fourth-order valence-electron chi connectivity index (χ4n) is 8.16. The zero-order valence-electron chi connectivity index (χ0n) is 33.1. The number of aliphatic imine (C=N–C) groups is 1. The molecule has 13 heteroatoms. The number of rotatable bonds is 10. The highest BCUT2D eigenvalue weighted by Crippen LogP contribution is 2.39. The maximum absolute atomic E-state index is 13.7. The molecule has 0 spiro atoms. The lowest BCUT2D eigenvalue weighted by Crippen LogP contribution is -2.58. The van der Waals surface area contributed by atoms with Gasteiger partial charge in [-0.05, 0) is 66.2 Å². The van der Waals surface area contributed by atoms with Gasteiger partial charge in [-0.1, -0.05) is 34.6 Å².